The average Bonchev–Trinajstić information content (AvgIpc) is 0.722. The second kappa shape index (κ2) is 3.04. The van der Waals surface area contributed by atoms with Crippen LogP contribution in [0.25, 0.3) is 0 Å². The SMILES string of the molecule is [Cd+2].[O]=[Cr](=[O])([O-])[O-]. The average molecular weight is 228 g/mol. The van der Waals surface area contributed by atoms with Crippen molar-refractivity contribution < 1.29 is 56.8 Å². The van der Waals surface area contributed by atoms with Crippen LogP contribution in [-0.4, -0.2) is 0 Å². The maximum absolute atomic E-state index is 8.59. The van der Waals surface area contributed by atoms with Gasteiger partial charge in [-0.05, 0) is 0 Å². The van der Waals surface area contributed by atoms with Gasteiger partial charge in [-0.1, -0.05) is 0 Å². The van der Waals surface area contributed by atoms with Gasteiger partial charge in [0.2, 0.25) is 0 Å². The Labute approximate surface area is 56.7 Å². The molecule has 4 nitrogen and oxygen atoms in total. The van der Waals surface area contributed by atoms with Gasteiger partial charge in [0.15, 0.2) is 0 Å². The number of hydrogen-bond donors (Lipinski definition) is 0. The van der Waals surface area contributed by atoms with Crippen molar-refractivity contribution in [3.8, 4) is 0 Å². The molecule has 0 aliphatic rings. The summed E-state index contributed by atoms with van der Waals surface area (Å²) >= 11 is -5.75. The van der Waals surface area contributed by atoms with Crippen molar-refractivity contribution in [2.24, 2.45) is 0 Å². The van der Waals surface area contributed by atoms with E-state index in [1.807, 2.05) is 0 Å². The monoisotopic (exact) mass is 230 g/mol. The fourth-order valence-electron chi connectivity index (χ4n) is 0. The molecule has 0 spiro atoms. The summed E-state index contributed by atoms with van der Waals surface area (Å²) < 4.78 is 34.4. The van der Waals surface area contributed by atoms with Gasteiger partial charge in [0.05, 0.1) is 0 Å². The molecule has 32 valence electrons. The van der Waals surface area contributed by atoms with Crippen LogP contribution in [0.4, 0.5) is 0 Å². The topological polar surface area (TPSA) is 80.3 Å². The van der Waals surface area contributed by atoms with Crippen LogP contribution in [0, 0.1) is 0 Å². The zero-order valence-electron chi connectivity index (χ0n) is 2.75. The van der Waals surface area contributed by atoms with Gasteiger partial charge in [0, 0.05) is 0 Å². The van der Waals surface area contributed by atoms with E-state index < -0.39 is 13.6 Å². The Morgan fingerprint density at radius 3 is 1.17 bits per heavy atom. The van der Waals surface area contributed by atoms with Gasteiger partial charge in [-0.25, -0.2) is 0 Å². The molecule has 0 bridgehead atoms. The molecule has 0 fully saturated rings. The van der Waals surface area contributed by atoms with Crippen LogP contribution in [-0.2, 0) is 48.5 Å². The second-order valence-corrected chi connectivity index (χ2v) is 1.68. The Kier molecular flexibility index (Phi) is 5.10. The Morgan fingerprint density at radius 1 is 1.17 bits per heavy atom. The predicted octanol–water partition coefficient (Wildman–Crippen LogP) is -2.62. The van der Waals surface area contributed by atoms with Crippen molar-refractivity contribution in [1.82, 2.24) is 0 Å². The van der Waals surface area contributed by atoms with Gasteiger partial charge in [-0.3, -0.25) is 0 Å². The molecule has 0 N–H and O–H groups in total. The third-order valence-corrected chi connectivity index (χ3v) is 0. The van der Waals surface area contributed by atoms with Crippen LogP contribution < -0.4 is 8.32 Å². The molecule has 6 heavy (non-hydrogen) atoms. The molecule has 0 aliphatic heterocycles. The Morgan fingerprint density at radius 2 is 1.17 bits per heavy atom. The van der Waals surface area contributed by atoms with Crippen molar-refractivity contribution in [3.05, 3.63) is 0 Å². The van der Waals surface area contributed by atoms with Gasteiger partial charge in [0.25, 0.3) is 0 Å². The third kappa shape index (κ3) is 82.7. The molecule has 0 amide bonds. The van der Waals surface area contributed by atoms with Gasteiger partial charge >= 0.3 is 56.8 Å². The van der Waals surface area contributed by atoms with Crippen molar-refractivity contribution in [1.29, 1.82) is 0 Å². The molecule has 0 aromatic heterocycles. The molecule has 6 heteroatoms. The van der Waals surface area contributed by atoms with E-state index in [4.69, 9.17) is 15.9 Å². The van der Waals surface area contributed by atoms with E-state index >= 15 is 0 Å². The number of hydrogen-bond acceptors (Lipinski definition) is 4. The molecule has 0 aromatic rings. The first kappa shape index (κ1) is 10.1. The summed E-state index contributed by atoms with van der Waals surface area (Å²) in [5.74, 6) is 0. The molecule has 0 aliphatic carbocycles. The summed E-state index contributed by atoms with van der Waals surface area (Å²) in [6, 6.07) is 0. The fraction of sp³-hybridized carbons (Fsp3) is 0. The van der Waals surface area contributed by atoms with Crippen molar-refractivity contribution in [2.45, 2.75) is 0 Å². The minimum absolute atomic E-state index is 0. The van der Waals surface area contributed by atoms with Crippen molar-refractivity contribution in [3.63, 3.8) is 0 Å². The maximum atomic E-state index is 8.59. The summed E-state index contributed by atoms with van der Waals surface area (Å²) in [6.07, 6.45) is 0. The van der Waals surface area contributed by atoms with E-state index in [-0.39, 0.29) is 27.3 Å². The van der Waals surface area contributed by atoms with E-state index in [0.717, 1.165) is 0 Å². The second-order valence-electron chi connectivity index (χ2n) is 0.408. The van der Waals surface area contributed by atoms with Crippen molar-refractivity contribution in [2.75, 3.05) is 0 Å². The van der Waals surface area contributed by atoms with Crippen LogP contribution in [0.1, 0.15) is 0 Å². The molecule has 0 radical (unpaired) electrons. The third-order valence-electron chi connectivity index (χ3n) is 0. The van der Waals surface area contributed by atoms with Crippen molar-refractivity contribution >= 4 is 0 Å². The molecule has 0 heterocycles. The Balaban J connectivity index is 0. The zero-order chi connectivity index (χ0) is 4.50. The summed E-state index contributed by atoms with van der Waals surface area (Å²) in [6.45, 7) is 0. The van der Waals surface area contributed by atoms with Gasteiger partial charge in [0.1, 0.15) is 0 Å². The summed E-state index contributed by atoms with van der Waals surface area (Å²) in [4.78, 5) is 0. The first-order valence-corrected chi connectivity index (χ1v) is 2.75. The fourth-order valence-corrected chi connectivity index (χ4v) is 0. The summed E-state index contributed by atoms with van der Waals surface area (Å²) in [5.41, 5.74) is 0. The molecule has 0 unspecified atom stereocenters. The molecular formula is CdCrO4. The van der Waals surface area contributed by atoms with Gasteiger partial charge < -0.3 is 0 Å². The quantitative estimate of drug-likeness (QED) is 0.425. The molecule has 0 saturated heterocycles. The van der Waals surface area contributed by atoms with Crippen LogP contribution in [0.3, 0.4) is 0 Å². The van der Waals surface area contributed by atoms with Crippen LogP contribution in [0.15, 0.2) is 0 Å². The molecule has 0 aromatic carbocycles. The number of rotatable bonds is 0. The van der Waals surface area contributed by atoms with E-state index in [1.54, 1.807) is 0 Å². The van der Waals surface area contributed by atoms with E-state index in [9.17, 15) is 0 Å². The van der Waals surface area contributed by atoms with Gasteiger partial charge in [-0.15, -0.1) is 0 Å². The summed E-state index contributed by atoms with van der Waals surface area (Å²) in [5, 5.41) is 0. The standard InChI is InChI=1S/Cd.Cr.4O/q+2;;;;2*-1. The van der Waals surface area contributed by atoms with E-state index in [0.29, 0.717) is 0 Å². The minimum atomic E-state index is -5.75. The van der Waals surface area contributed by atoms with Crippen LogP contribution in [0.5, 0.6) is 0 Å². The van der Waals surface area contributed by atoms with E-state index in [2.05, 4.69) is 0 Å². The molecule has 0 rings (SSSR count). The Bertz CT molecular complexity index is 90.7. The summed E-state index contributed by atoms with van der Waals surface area (Å²) in [7, 11) is 0. The predicted molar refractivity (Wildman–Crippen MR) is 1.37 cm³/mol. The first-order valence-electron chi connectivity index (χ1n) is 0.667. The zero-order valence-corrected chi connectivity index (χ0v) is 8.06. The molecule has 0 saturated carbocycles. The van der Waals surface area contributed by atoms with Crippen LogP contribution >= 0.6 is 0 Å². The van der Waals surface area contributed by atoms with Gasteiger partial charge in [-0.2, -0.15) is 0 Å². The normalized spacial score (nSPS) is 9.67. The molecular weight excluding hydrogens is 228 g/mol. The molecule has 0 atom stereocenters. The Hall–Kier alpha value is 0.975. The first-order chi connectivity index (χ1) is 2.00. The van der Waals surface area contributed by atoms with Crippen LogP contribution in [0.2, 0.25) is 0 Å². The van der Waals surface area contributed by atoms with E-state index in [1.165, 1.54) is 0 Å².